The van der Waals surface area contributed by atoms with E-state index in [1.165, 1.54) is 44.9 Å². The van der Waals surface area contributed by atoms with E-state index in [-0.39, 0.29) is 6.10 Å². The van der Waals surface area contributed by atoms with Gasteiger partial charge in [0, 0.05) is 0 Å². The van der Waals surface area contributed by atoms with Crippen LogP contribution in [0.3, 0.4) is 0 Å². The minimum Gasteiger partial charge on any atom is -0.393 e. The quantitative estimate of drug-likeness (QED) is 0.623. The molecule has 1 heterocycles. The van der Waals surface area contributed by atoms with Gasteiger partial charge in [0.25, 0.3) is 0 Å². The normalized spacial score (nSPS) is 48.9. The summed E-state index contributed by atoms with van der Waals surface area (Å²) in [6.45, 7) is 16.5. The topological polar surface area (TPSA) is 29.5 Å². The van der Waals surface area contributed by atoms with Crippen LogP contribution in [0.15, 0.2) is 0 Å². The van der Waals surface area contributed by atoms with E-state index in [2.05, 4.69) is 48.5 Å². The van der Waals surface area contributed by atoms with E-state index in [9.17, 15) is 5.11 Å². The Bertz CT molecular complexity index is 473. The molecule has 3 rings (SSSR count). The van der Waals surface area contributed by atoms with Gasteiger partial charge in [0.2, 0.25) is 0 Å². The average Bonchev–Trinajstić information content (AvgIpc) is 2.55. The molecule has 2 nitrogen and oxygen atoms in total. The third-order valence-electron chi connectivity index (χ3n) is 8.10. The summed E-state index contributed by atoms with van der Waals surface area (Å²) in [7, 11) is 0. The number of hydrogen-bond acceptors (Lipinski definition) is 2. The van der Waals surface area contributed by atoms with Gasteiger partial charge >= 0.3 is 0 Å². The van der Waals surface area contributed by atoms with E-state index < -0.39 is 0 Å². The SMILES string of the molecule is CC1CC(C)C(O)C(C2CC(CCC(C)(C)C)OC3C(C)CC(C)CC23)C1. The van der Waals surface area contributed by atoms with E-state index >= 15 is 0 Å². The molecule has 1 N–H and O–H groups in total. The maximum Gasteiger partial charge on any atom is 0.0635 e. The monoisotopic (exact) mass is 378 g/mol. The number of aliphatic hydroxyl groups is 1. The Morgan fingerprint density at radius 3 is 2.00 bits per heavy atom. The molecule has 158 valence electrons. The second-order valence-electron chi connectivity index (χ2n) is 12.1. The van der Waals surface area contributed by atoms with E-state index in [1.807, 2.05) is 0 Å². The lowest BCUT2D eigenvalue weighted by Gasteiger charge is -2.53. The van der Waals surface area contributed by atoms with Crippen molar-refractivity contribution < 1.29 is 9.84 Å². The van der Waals surface area contributed by atoms with Gasteiger partial charge in [-0.05, 0) is 91.8 Å². The molecule has 0 aromatic carbocycles. The Morgan fingerprint density at radius 2 is 1.37 bits per heavy atom. The van der Waals surface area contributed by atoms with Gasteiger partial charge in [0.15, 0.2) is 0 Å². The van der Waals surface area contributed by atoms with Crippen LogP contribution in [-0.4, -0.2) is 23.4 Å². The summed E-state index contributed by atoms with van der Waals surface area (Å²) in [6, 6.07) is 0. The van der Waals surface area contributed by atoms with Crippen LogP contribution in [0, 0.1) is 46.8 Å². The molecule has 10 unspecified atom stereocenters. The number of fused-ring (bicyclic) bond motifs is 1. The molecule has 1 aliphatic heterocycles. The number of hydrogen-bond donors (Lipinski definition) is 1. The van der Waals surface area contributed by atoms with Gasteiger partial charge in [-0.3, -0.25) is 0 Å². The summed E-state index contributed by atoms with van der Waals surface area (Å²) in [5.74, 6) is 4.46. The van der Waals surface area contributed by atoms with Gasteiger partial charge < -0.3 is 9.84 Å². The molecule has 0 amide bonds. The lowest BCUT2D eigenvalue weighted by atomic mass is 9.58. The van der Waals surface area contributed by atoms with Crippen molar-refractivity contribution in [3.05, 3.63) is 0 Å². The van der Waals surface area contributed by atoms with Crippen LogP contribution < -0.4 is 0 Å². The number of rotatable bonds is 3. The lowest BCUT2D eigenvalue weighted by molar-refractivity contribution is -0.180. The molecular weight excluding hydrogens is 332 g/mol. The van der Waals surface area contributed by atoms with Crippen LogP contribution in [-0.2, 0) is 4.74 Å². The van der Waals surface area contributed by atoms with Crippen LogP contribution in [0.2, 0.25) is 0 Å². The highest BCUT2D eigenvalue weighted by molar-refractivity contribution is 4.98. The molecule has 2 heteroatoms. The first-order valence-corrected chi connectivity index (χ1v) is 11.9. The highest BCUT2D eigenvalue weighted by atomic mass is 16.5. The van der Waals surface area contributed by atoms with Crippen LogP contribution in [0.5, 0.6) is 0 Å². The molecule has 3 aliphatic rings. The third-order valence-corrected chi connectivity index (χ3v) is 8.10. The Labute approximate surface area is 168 Å². The fraction of sp³-hybridized carbons (Fsp3) is 1.00. The van der Waals surface area contributed by atoms with E-state index in [1.54, 1.807) is 0 Å². The van der Waals surface area contributed by atoms with E-state index in [0.717, 1.165) is 11.8 Å². The summed E-state index contributed by atoms with van der Waals surface area (Å²) >= 11 is 0. The van der Waals surface area contributed by atoms with Crippen LogP contribution in [0.25, 0.3) is 0 Å². The molecule has 10 atom stereocenters. The second-order valence-corrected chi connectivity index (χ2v) is 12.1. The zero-order chi connectivity index (χ0) is 19.9. The first kappa shape index (κ1) is 21.6. The summed E-state index contributed by atoms with van der Waals surface area (Å²) in [5, 5.41) is 11.1. The second kappa shape index (κ2) is 8.34. The van der Waals surface area contributed by atoms with Crippen molar-refractivity contribution in [1.29, 1.82) is 0 Å². The molecule has 1 saturated heterocycles. The average molecular weight is 379 g/mol. The molecule has 0 spiro atoms. The standard InChI is InChI=1S/C25H46O2/c1-15-10-17(3)23(26)21(12-15)20-14-19(8-9-25(5,6)7)27-24-18(4)11-16(2)13-22(20)24/h15-24,26H,8-14H2,1-7H3. The minimum absolute atomic E-state index is 0.110. The van der Waals surface area contributed by atoms with Gasteiger partial charge in [-0.2, -0.15) is 0 Å². The number of ether oxygens (including phenoxy) is 1. The minimum atomic E-state index is -0.110. The highest BCUT2D eigenvalue weighted by Gasteiger charge is 2.49. The largest absolute Gasteiger partial charge is 0.393 e. The molecule has 3 fully saturated rings. The maximum absolute atomic E-state index is 11.1. The Kier molecular flexibility index (Phi) is 6.68. The maximum atomic E-state index is 11.1. The zero-order valence-electron chi connectivity index (χ0n) is 19.1. The number of aliphatic hydroxyl groups excluding tert-OH is 1. The summed E-state index contributed by atoms with van der Waals surface area (Å²) in [5.41, 5.74) is 0.371. The van der Waals surface area contributed by atoms with Gasteiger partial charge in [0.1, 0.15) is 0 Å². The van der Waals surface area contributed by atoms with Crippen molar-refractivity contribution in [1.82, 2.24) is 0 Å². The van der Waals surface area contributed by atoms with E-state index in [4.69, 9.17) is 4.74 Å². The molecule has 0 aromatic rings. The Hall–Kier alpha value is -0.0800. The van der Waals surface area contributed by atoms with Crippen molar-refractivity contribution >= 4 is 0 Å². The fourth-order valence-electron chi connectivity index (χ4n) is 6.89. The van der Waals surface area contributed by atoms with Crippen LogP contribution in [0.1, 0.15) is 93.4 Å². The van der Waals surface area contributed by atoms with Gasteiger partial charge in [0.05, 0.1) is 18.3 Å². The smallest absolute Gasteiger partial charge is 0.0635 e. The lowest BCUT2D eigenvalue weighted by Crippen LogP contribution is -2.53. The summed E-state index contributed by atoms with van der Waals surface area (Å²) in [4.78, 5) is 0. The molecular formula is C25H46O2. The van der Waals surface area contributed by atoms with Crippen molar-refractivity contribution in [3.8, 4) is 0 Å². The van der Waals surface area contributed by atoms with Gasteiger partial charge in [-0.25, -0.2) is 0 Å². The molecule has 2 aliphatic carbocycles. The Balaban J connectivity index is 1.81. The summed E-state index contributed by atoms with van der Waals surface area (Å²) in [6.07, 6.45) is 9.31. The van der Waals surface area contributed by atoms with Crippen molar-refractivity contribution in [2.45, 2.75) is 112 Å². The van der Waals surface area contributed by atoms with E-state index in [0.29, 0.717) is 47.2 Å². The Morgan fingerprint density at radius 1 is 0.778 bits per heavy atom. The van der Waals surface area contributed by atoms with Crippen LogP contribution in [0.4, 0.5) is 0 Å². The third kappa shape index (κ3) is 5.10. The summed E-state index contributed by atoms with van der Waals surface area (Å²) < 4.78 is 6.77. The molecule has 27 heavy (non-hydrogen) atoms. The fourth-order valence-corrected chi connectivity index (χ4v) is 6.89. The molecule has 0 bridgehead atoms. The predicted molar refractivity (Wildman–Crippen MR) is 114 cm³/mol. The molecule has 0 radical (unpaired) electrons. The van der Waals surface area contributed by atoms with Gasteiger partial charge in [-0.15, -0.1) is 0 Å². The zero-order valence-corrected chi connectivity index (χ0v) is 19.1. The predicted octanol–water partition coefficient (Wildman–Crippen LogP) is 6.31. The van der Waals surface area contributed by atoms with Gasteiger partial charge in [-0.1, -0.05) is 48.5 Å². The highest BCUT2D eigenvalue weighted by Crippen LogP contribution is 2.51. The van der Waals surface area contributed by atoms with Crippen LogP contribution >= 0.6 is 0 Å². The first-order valence-electron chi connectivity index (χ1n) is 11.9. The van der Waals surface area contributed by atoms with Crippen molar-refractivity contribution in [3.63, 3.8) is 0 Å². The van der Waals surface area contributed by atoms with Crippen molar-refractivity contribution in [2.24, 2.45) is 46.8 Å². The van der Waals surface area contributed by atoms with Crippen molar-refractivity contribution in [2.75, 3.05) is 0 Å². The first-order chi connectivity index (χ1) is 12.5. The molecule has 2 saturated carbocycles. The molecule has 0 aromatic heterocycles.